The van der Waals surface area contributed by atoms with Gasteiger partial charge in [0, 0.05) is 35.1 Å². The number of fused-ring (bicyclic) bond motifs is 6. The largest absolute Gasteiger partial charge is 0.491 e. The molecule has 3 aliphatic heterocycles. The number of ketones is 2. The van der Waals surface area contributed by atoms with Gasteiger partial charge in [-0.2, -0.15) is 0 Å². The number of carbonyl (C=O) groups excluding carboxylic acids is 3. The van der Waals surface area contributed by atoms with Crippen molar-refractivity contribution >= 4 is 34.9 Å². The predicted octanol–water partition coefficient (Wildman–Crippen LogP) is 6.36. The molecule has 1 amide bonds. The van der Waals surface area contributed by atoms with Crippen molar-refractivity contribution in [2.75, 3.05) is 5.32 Å². The lowest BCUT2D eigenvalue weighted by Gasteiger charge is -2.38. The number of nitrogens with one attached hydrogen (secondary N) is 1. The molecule has 1 saturated heterocycles. The van der Waals surface area contributed by atoms with E-state index in [4.69, 9.17) is 4.74 Å². The topological polar surface area (TPSA) is 119 Å². The summed E-state index contributed by atoms with van der Waals surface area (Å²) in [5, 5.41) is 14.7. The lowest BCUT2D eigenvalue weighted by molar-refractivity contribution is -0.384. The molecule has 9 heteroatoms. The summed E-state index contributed by atoms with van der Waals surface area (Å²) < 4.78 is 5.79. The third-order valence-electron chi connectivity index (χ3n) is 8.97. The van der Waals surface area contributed by atoms with Crippen molar-refractivity contribution in [3.8, 4) is 5.75 Å². The van der Waals surface area contributed by atoms with Gasteiger partial charge in [0.15, 0.2) is 11.6 Å². The van der Waals surface area contributed by atoms with Crippen molar-refractivity contribution in [3.05, 3.63) is 141 Å². The van der Waals surface area contributed by atoms with Crippen molar-refractivity contribution in [2.45, 2.75) is 37.5 Å². The van der Waals surface area contributed by atoms with Gasteiger partial charge in [0.05, 0.1) is 23.0 Å². The number of amides is 1. The maximum absolute atomic E-state index is 14.9. The molecule has 45 heavy (non-hydrogen) atoms. The Morgan fingerprint density at radius 2 is 1.64 bits per heavy atom. The van der Waals surface area contributed by atoms with Crippen LogP contribution in [0.2, 0.25) is 0 Å². The van der Waals surface area contributed by atoms with Gasteiger partial charge in [-0.15, -0.1) is 0 Å². The Balaban J connectivity index is 1.48. The molecule has 0 saturated carbocycles. The molecule has 9 nitrogen and oxygen atoms in total. The van der Waals surface area contributed by atoms with Crippen LogP contribution in [-0.4, -0.2) is 39.4 Å². The molecule has 3 aliphatic rings. The molecular formula is C36H29N3O6. The minimum Gasteiger partial charge on any atom is -0.491 e. The summed E-state index contributed by atoms with van der Waals surface area (Å²) in [7, 11) is 0. The molecular weight excluding hydrogens is 570 g/mol. The van der Waals surface area contributed by atoms with E-state index in [2.05, 4.69) is 5.32 Å². The van der Waals surface area contributed by atoms with Crippen LogP contribution in [0.5, 0.6) is 5.75 Å². The predicted molar refractivity (Wildman–Crippen MR) is 168 cm³/mol. The number of anilines is 1. The lowest BCUT2D eigenvalue weighted by Crippen LogP contribution is -2.49. The molecule has 1 fully saturated rings. The summed E-state index contributed by atoms with van der Waals surface area (Å²) >= 11 is 0. The number of nitro groups is 1. The average Bonchev–Trinajstić information content (AvgIpc) is 3.52. The highest BCUT2D eigenvalue weighted by Crippen LogP contribution is 2.62. The number of rotatable bonds is 7. The van der Waals surface area contributed by atoms with E-state index in [0.717, 1.165) is 11.1 Å². The average molecular weight is 600 g/mol. The standard InChI is InChI=1S/C36H29N3O6/c1-21(2)45-26-16-14-23(15-17-26)32(40)30-31(33(41)24-9-7-10-25(20-24)39(43)44)38-19-18-22-8-3-4-11-27(22)34(38)36(30)28-12-5-6-13-29(28)37-35(36)42/h3-21,30-31,34H,1-2H3,(H,37,42)/t30-,31+,34-,36+/m0/s1. The van der Waals surface area contributed by atoms with Gasteiger partial charge in [-0.05, 0) is 66.9 Å². The fraction of sp³-hybridized carbons (Fsp3) is 0.194. The number of nitrogens with zero attached hydrogens (tertiary/aromatic N) is 2. The Morgan fingerprint density at radius 3 is 2.40 bits per heavy atom. The van der Waals surface area contributed by atoms with Crippen LogP contribution in [0.1, 0.15) is 57.3 Å². The van der Waals surface area contributed by atoms with E-state index in [1.807, 2.05) is 67.3 Å². The van der Waals surface area contributed by atoms with Gasteiger partial charge in [0.25, 0.3) is 5.69 Å². The minimum atomic E-state index is -1.50. The van der Waals surface area contributed by atoms with Crippen LogP contribution in [0.15, 0.2) is 103 Å². The molecule has 1 N–H and O–H groups in total. The first-order valence-corrected chi connectivity index (χ1v) is 14.8. The number of ether oxygens (including phenoxy) is 1. The third-order valence-corrected chi connectivity index (χ3v) is 8.97. The highest BCUT2D eigenvalue weighted by Gasteiger charge is 2.70. The smallest absolute Gasteiger partial charge is 0.270 e. The molecule has 0 radical (unpaired) electrons. The second-order valence-electron chi connectivity index (χ2n) is 11.8. The van der Waals surface area contributed by atoms with Crippen molar-refractivity contribution in [2.24, 2.45) is 5.92 Å². The van der Waals surface area contributed by atoms with Crippen molar-refractivity contribution in [1.82, 2.24) is 4.90 Å². The van der Waals surface area contributed by atoms with Crippen LogP contribution in [0.4, 0.5) is 11.4 Å². The molecule has 3 heterocycles. The summed E-state index contributed by atoms with van der Waals surface area (Å²) in [6.07, 6.45) is 3.58. The molecule has 0 aliphatic carbocycles. The lowest BCUT2D eigenvalue weighted by atomic mass is 9.62. The Kier molecular flexibility index (Phi) is 6.62. The SMILES string of the molecule is CC(C)Oc1ccc(C(=O)[C@@H]2[C@H](C(=O)c3cccc([N+](=O)[O-])c3)N3C=Cc4ccccc4[C@H]3[C@]23C(=O)Nc2ccccc23)cc1. The first-order valence-electron chi connectivity index (χ1n) is 14.8. The van der Waals surface area contributed by atoms with Crippen LogP contribution in [-0.2, 0) is 10.2 Å². The molecule has 4 aromatic rings. The van der Waals surface area contributed by atoms with E-state index in [9.17, 15) is 24.5 Å². The Morgan fingerprint density at radius 1 is 0.911 bits per heavy atom. The summed E-state index contributed by atoms with van der Waals surface area (Å²) in [5.41, 5.74) is 1.56. The third kappa shape index (κ3) is 4.26. The maximum Gasteiger partial charge on any atom is 0.270 e. The van der Waals surface area contributed by atoms with Crippen LogP contribution >= 0.6 is 0 Å². The first kappa shape index (κ1) is 28.2. The highest BCUT2D eigenvalue weighted by molar-refractivity contribution is 6.16. The molecule has 4 atom stereocenters. The van der Waals surface area contributed by atoms with E-state index in [1.54, 1.807) is 36.5 Å². The summed E-state index contributed by atoms with van der Waals surface area (Å²) in [6, 6.07) is 25.3. The Hall–Kier alpha value is -5.57. The minimum absolute atomic E-state index is 0.0666. The molecule has 224 valence electrons. The quantitative estimate of drug-likeness (QED) is 0.149. The normalized spacial score (nSPS) is 22.5. The first-order chi connectivity index (χ1) is 21.7. The second kappa shape index (κ2) is 10.6. The van der Waals surface area contributed by atoms with E-state index in [0.29, 0.717) is 22.6 Å². The van der Waals surface area contributed by atoms with Gasteiger partial charge in [0.2, 0.25) is 5.91 Å². The van der Waals surface area contributed by atoms with Crippen LogP contribution < -0.4 is 10.1 Å². The summed E-state index contributed by atoms with van der Waals surface area (Å²) in [6.45, 7) is 3.81. The monoisotopic (exact) mass is 599 g/mol. The fourth-order valence-corrected chi connectivity index (χ4v) is 7.26. The summed E-state index contributed by atoms with van der Waals surface area (Å²) in [5.74, 6) is -1.85. The number of non-ortho nitro benzene ring substituents is 1. The summed E-state index contributed by atoms with van der Waals surface area (Å²) in [4.78, 5) is 57.1. The highest BCUT2D eigenvalue weighted by atomic mass is 16.6. The zero-order valence-electron chi connectivity index (χ0n) is 24.5. The zero-order valence-corrected chi connectivity index (χ0v) is 24.5. The van der Waals surface area contributed by atoms with E-state index >= 15 is 0 Å². The number of Topliss-reactive ketones (excluding diaryl/α,β-unsaturated/α-hetero) is 2. The Labute approximate surface area is 259 Å². The van der Waals surface area contributed by atoms with Gasteiger partial charge >= 0.3 is 0 Å². The van der Waals surface area contributed by atoms with Gasteiger partial charge < -0.3 is 15.0 Å². The molecule has 7 rings (SSSR count). The number of para-hydroxylation sites is 1. The molecule has 4 aromatic carbocycles. The number of nitro benzene ring substituents is 1. The molecule has 0 bridgehead atoms. The molecule has 1 spiro atoms. The van der Waals surface area contributed by atoms with E-state index < -0.39 is 34.1 Å². The number of benzene rings is 4. The number of hydrogen-bond donors (Lipinski definition) is 1. The van der Waals surface area contributed by atoms with E-state index in [1.165, 1.54) is 24.3 Å². The molecule has 0 unspecified atom stereocenters. The number of carbonyl (C=O) groups is 3. The van der Waals surface area contributed by atoms with Crippen molar-refractivity contribution in [3.63, 3.8) is 0 Å². The van der Waals surface area contributed by atoms with E-state index in [-0.39, 0.29) is 29.0 Å². The molecule has 0 aromatic heterocycles. The zero-order chi connectivity index (χ0) is 31.5. The van der Waals surface area contributed by atoms with Crippen molar-refractivity contribution < 1.29 is 24.0 Å². The van der Waals surface area contributed by atoms with Gasteiger partial charge in [-0.3, -0.25) is 24.5 Å². The van der Waals surface area contributed by atoms with Crippen LogP contribution in [0, 0.1) is 16.0 Å². The number of hydrogen-bond acceptors (Lipinski definition) is 7. The van der Waals surface area contributed by atoms with Crippen molar-refractivity contribution in [1.29, 1.82) is 0 Å². The van der Waals surface area contributed by atoms with Gasteiger partial charge in [0.1, 0.15) is 17.2 Å². The second-order valence-corrected chi connectivity index (χ2v) is 11.8. The maximum atomic E-state index is 14.9. The fourth-order valence-electron chi connectivity index (χ4n) is 7.26. The van der Waals surface area contributed by atoms with Crippen LogP contribution in [0.25, 0.3) is 6.08 Å². The van der Waals surface area contributed by atoms with Gasteiger partial charge in [-0.1, -0.05) is 54.6 Å². The van der Waals surface area contributed by atoms with Crippen LogP contribution in [0.3, 0.4) is 0 Å². The Bertz CT molecular complexity index is 1920. The van der Waals surface area contributed by atoms with Gasteiger partial charge in [-0.25, -0.2) is 0 Å².